The molecule has 0 fully saturated rings. The number of amides is 1. The van der Waals surface area contributed by atoms with Crippen molar-refractivity contribution in [2.45, 2.75) is 44.2 Å². The molecule has 2 aromatic carbocycles. The number of rotatable bonds is 8. The van der Waals surface area contributed by atoms with Gasteiger partial charge in [-0.2, -0.15) is 0 Å². The van der Waals surface area contributed by atoms with Crippen LogP contribution in [0.4, 0.5) is 0 Å². The van der Waals surface area contributed by atoms with Crippen molar-refractivity contribution in [3.63, 3.8) is 0 Å². The SMILES string of the molecule is Cc1cnc2c(S(=O)(=O)NC(C)CC(=O)NC(C)c3ncc(-c4ccc(Cl)c(Cl)c4)[nH]3)cccc2c1. The van der Waals surface area contributed by atoms with E-state index in [0.717, 1.165) is 22.2 Å². The molecule has 0 saturated carbocycles. The van der Waals surface area contributed by atoms with Crippen LogP contribution in [-0.4, -0.2) is 35.3 Å². The monoisotopic (exact) mass is 545 g/mol. The quantitative estimate of drug-likeness (QED) is 0.282. The van der Waals surface area contributed by atoms with Gasteiger partial charge in [0.2, 0.25) is 15.9 Å². The maximum absolute atomic E-state index is 13.0. The van der Waals surface area contributed by atoms with Gasteiger partial charge in [-0.3, -0.25) is 9.78 Å². The second kappa shape index (κ2) is 10.6. The van der Waals surface area contributed by atoms with E-state index in [1.54, 1.807) is 44.4 Å². The van der Waals surface area contributed by atoms with E-state index in [2.05, 4.69) is 25.0 Å². The molecule has 2 unspecified atom stereocenters. The first-order valence-corrected chi connectivity index (χ1v) is 13.4. The lowest BCUT2D eigenvalue weighted by molar-refractivity contribution is -0.122. The fourth-order valence-corrected chi connectivity index (χ4v) is 5.56. The smallest absolute Gasteiger partial charge is 0.242 e. The van der Waals surface area contributed by atoms with Crippen LogP contribution in [-0.2, 0) is 14.8 Å². The van der Waals surface area contributed by atoms with E-state index in [0.29, 0.717) is 21.4 Å². The third-order valence-corrected chi connectivity index (χ3v) is 7.92. The average Bonchev–Trinajstić information content (AvgIpc) is 3.30. The van der Waals surface area contributed by atoms with Gasteiger partial charge in [0.1, 0.15) is 10.7 Å². The molecule has 2 atom stereocenters. The van der Waals surface area contributed by atoms with E-state index in [9.17, 15) is 13.2 Å². The van der Waals surface area contributed by atoms with Crippen molar-refractivity contribution in [1.29, 1.82) is 0 Å². The minimum absolute atomic E-state index is 0.0543. The molecule has 0 aliphatic heterocycles. The van der Waals surface area contributed by atoms with Gasteiger partial charge in [-0.05, 0) is 50.6 Å². The number of H-pyrrole nitrogens is 1. The first-order valence-electron chi connectivity index (χ1n) is 11.2. The highest BCUT2D eigenvalue weighted by Crippen LogP contribution is 2.28. The Labute approximate surface area is 219 Å². The normalized spacial score (nSPS) is 13.5. The van der Waals surface area contributed by atoms with Crippen LogP contribution in [0.15, 0.2) is 59.8 Å². The van der Waals surface area contributed by atoms with Crippen LogP contribution >= 0.6 is 23.2 Å². The number of hydrogen-bond acceptors (Lipinski definition) is 5. The zero-order valence-corrected chi connectivity index (χ0v) is 22.2. The van der Waals surface area contributed by atoms with E-state index in [4.69, 9.17) is 23.2 Å². The number of nitrogens with one attached hydrogen (secondary N) is 3. The molecule has 36 heavy (non-hydrogen) atoms. The molecule has 11 heteroatoms. The molecule has 0 spiro atoms. The Bertz CT molecular complexity index is 1540. The summed E-state index contributed by atoms with van der Waals surface area (Å²) >= 11 is 12.1. The molecule has 1 amide bonds. The highest BCUT2D eigenvalue weighted by Gasteiger charge is 2.23. The van der Waals surface area contributed by atoms with Crippen LogP contribution in [0.2, 0.25) is 10.0 Å². The number of halogens is 2. The van der Waals surface area contributed by atoms with Gasteiger partial charge in [-0.1, -0.05) is 41.4 Å². The van der Waals surface area contributed by atoms with Gasteiger partial charge in [-0.25, -0.2) is 18.1 Å². The lowest BCUT2D eigenvalue weighted by Gasteiger charge is -2.17. The fourth-order valence-electron chi connectivity index (χ4n) is 3.84. The predicted octanol–water partition coefficient (Wildman–Crippen LogP) is 5.17. The summed E-state index contributed by atoms with van der Waals surface area (Å²) in [5.41, 5.74) is 2.86. The molecular weight excluding hydrogens is 521 g/mol. The van der Waals surface area contributed by atoms with Gasteiger partial charge in [-0.15, -0.1) is 0 Å². The average molecular weight is 546 g/mol. The molecule has 3 N–H and O–H groups in total. The summed E-state index contributed by atoms with van der Waals surface area (Å²) < 4.78 is 28.7. The number of benzene rings is 2. The van der Waals surface area contributed by atoms with Gasteiger partial charge < -0.3 is 10.3 Å². The zero-order chi connectivity index (χ0) is 26.0. The Kier molecular flexibility index (Phi) is 7.65. The number of nitrogens with zero attached hydrogens (tertiary/aromatic N) is 2. The lowest BCUT2D eigenvalue weighted by Crippen LogP contribution is -2.38. The standard InChI is InChI=1S/C25H25Cl2N5O3S/c1-14-9-18-5-4-6-22(24(18)28-12-14)36(34,35)32-15(2)10-23(33)30-16(3)25-29-13-21(31-25)17-7-8-19(26)20(27)11-17/h4-9,11-13,15-16,32H,10H2,1-3H3,(H,29,31)(H,30,33). The summed E-state index contributed by atoms with van der Waals surface area (Å²) in [6, 6.07) is 11.0. The van der Waals surface area contributed by atoms with E-state index in [-0.39, 0.29) is 17.2 Å². The van der Waals surface area contributed by atoms with Crippen LogP contribution in [0.5, 0.6) is 0 Å². The lowest BCUT2D eigenvalue weighted by atomic mass is 10.2. The van der Waals surface area contributed by atoms with E-state index in [1.807, 2.05) is 25.1 Å². The molecule has 0 aliphatic rings. The van der Waals surface area contributed by atoms with Crippen molar-refractivity contribution in [3.05, 3.63) is 76.3 Å². The minimum atomic E-state index is -3.89. The van der Waals surface area contributed by atoms with Gasteiger partial charge in [0, 0.05) is 29.6 Å². The highest BCUT2D eigenvalue weighted by molar-refractivity contribution is 7.89. The van der Waals surface area contributed by atoms with Crippen molar-refractivity contribution >= 4 is 50.0 Å². The fraction of sp³-hybridized carbons (Fsp3) is 0.240. The van der Waals surface area contributed by atoms with Gasteiger partial charge >= 0.3 is 0 Å². The summed E-state index contributed by atoms with van der Waals surface area (Å²) in [5.74, 6) is 0.228. The van der Waals surface area contributed by atoms with Crippen LogP contribution < -0.4 is 10.0 Å². The summed E-state index contributed by atoms with van der Waals surface area (Å²) in [6.07, 6.45) is 3.22. The van der Waals surface area contributed by atoms with Gasteiger partial charge in [0.25, 0.3) is 0 Å². The molecule has 0 saturated heterocycles. The Morgan fingerprint density at radius 1 is 1.06 bits per heavy atom. The van der Waals surface area contributed by atoms with E-state index in [1.165, 1.54) is 6.07 Å². The van der Waals surface area contributed by atoms with Crippen LogP contribution in [0.3, 0.4) is 0 Å². The van der Waals surface area contributed by atoms with Crippen molar-refractivity contribution in [2.75, 3.05) is 0 Å². The molecule has 2 heterocycles. The number of aromatic nitrogens is 3. The minimum Gasteiger partial charge on any atom is -0.346 e. The molecule has 4 rings (SSSR count). The van der Waals surface area contributed by atoms with Crippen molar-refractivity contribution < 1.29 is 13.2 Å². The number of carbonyl (C=O) groups is 1. The predicted molar refractivity (Wildman–Crippen MR) is 141 cm³/mol. The number of pyridine rings is 1. The molecule has 4 aromatic rings. The first-order chi connectivity index (χ1) is 17.0. The van der Waals surface area contributed by atoms with Gasteiger partial charge in [0.15, 0.2) is 0 Å². The molecule has 0 aliphatic carbocycles. The number of para-hydroxylation sites is 1. The van der Waals surface area contributed by atoms with E-state index >= 15 is 0 Å². The molecule has 2 aromatic heterocycles. The Morgan fingerprint density at radius 3 is 2.58 bits per heavy atom. The number of sulfonamides is 1. The van der Waals surface area contributed by atoms with Crippen LogP contribution in [0.1, 0.15) is 37.7 Å². The largest absolute Gasteiger partial charge is 0.346 e. The third kappa shape index (κ3) is 5.87. The molecule has 8 nitrogen and oxygen atoms in total. The van der Waals surface area contributed by atoms with Crippen molar-refractivity contribution in [1.82, 2.24) is 25.0 Å². The Balaban J connectivity index is 1.39. The molecule has 0 radical (unpaired) electrons. The van der Waals surface area contributed by atoms with Crippen LogP contribution in [0, 0.1) is 6.92 Å². The van der Waals surface area contributed by atoms with Gasteiger partial charge in [0.05, 0.1) is 33.5 Å². The molecular formula is C25H25Cl2N5O3S. The maximum Gasteiger partial charge on any atom is 0.242 e. The van der Waals surface area contributed by atoms with Crippen LogP contribution in [0.25, 0.3) is 22.2 Å². The zero-order valence-electron chi connectivity index (χ0n) is 19.8. The summed E-state index contributed by atoms with van der Waals surface area (Å²) in [5, 5.41) is 4.46. The topological polar surface area (TPSA) is 117 Å². The second-order valence-electron chi connectivity index (χ2n) is 8.67. The number of aryl methyl sites for hydroxylation is 1. The van der Waals surface area contributed by atoms with E-state index < -0.39 is 22.1 Å². The highest BCUT2D eigenvalue weighted by atomic mass is 35.5. The Hall–Kier alpha value is -2.98. The number of imidazole rings is 1. The summed E-state index contributed by atoms with van der Waals surface area (Å²) in [6.45, 7) is 5.32. The number of carbonyl (C=O) groups excluding carboxylic acids is 1. The third-order valence-electron chi connectivity index (χ3n) is 5.56. The first kappa shape index (κ1) is 26.1. The molecule has 0 bridgehead atoms. The number of hydrogen-bond donors (Lipinski definition) is 3. The maximum atomic E-state index is 13.0. The van der Waals surface area contributed by atoms with Crippen molar-refractivity contribution in [2.24, 2.45) is 0 Å². The summed E-state index contributed by atoms with van der Waals surface area (Å²) in [4.78, 5) is 24.5. The number of fused-ring (bicyclic) bond motifs is 1. The Morgan fingerprint density at radius 2 is 1.83 bits per heavy atom. The molecule has 188 valence electrons. The number of aromatic amines is 1. The second-order valence-corrected chi connectivity index (χ2v) is 11.2. The summed E-state index contributed by atoms with van der Waals surface area (Å²) in [7, 11) is -3.89. The van der Waals surface area contributed by atoms with Crippen molar-refractivity contribution in [3.8, 4) is 11.3 Å².